The van der Waals surface area contributed by atoms with Crippen LogP contribution < -0.4 is 10.1 Å². The van der Waals surface area contributed by atoms with E-state index in [1.54, 1.807) is 18.4 Å². The molecule has 1 fully saturated rings. The van der Waals surface area contributed by atoms with Gasteiger partial charge in [0.1, 0.15) is 16.4 Å². The van der Waals surface area contributed by atoms with E-state index in [1.807, 2.05) is 12.1 Å². The van der Waals surface area contributed by atoms with Crippen LogP contribution in [0.3, 0.4) is 0 Å². The molecule has 33 heavy (non-hydrogen) atoms. The van der Waals surface area contributed by atoms with Crippen LogP contribution in [0.4, 0.5) is 0 Å². The third-order valence-electron chi connectivity index (χ3n) is 6.19. The van der Waals surface area contributed by atoms with Gasteiger partial charge in [-0.25, -0.2) is 8.42 Å². The Morgan fingerprint density at radius 2 is 1.85 bits per heavy atom. The van der Waals surface area contributed by atoms with Crippen molar-refractivity contribution in [1.29, 1.82) is 0 Å². The lowest BCUT2D eigenvalue weighted by atomic mass is 10.1. The zero-order valence-corrected chi connectivity index (χ0v) is 20.6. The van der Waals surface area contributed by atoms with E-state index in [2.05, 4.69) is 24.1 Å². The Morgan fingerprint density at radius 3 is 2.42 bits per heavy atom. The van der Waals surface area contributed by atoms with Gasteiger partial charge in [-0.3, -0.25) is 9.69 Å². The van der Waals surface area contributed by atoms with Crippen LogP contribution in [0.5, 0.6) is 5.75 Å². The lowest BCUT2D eigenvalue weighted by Crippen LogP contribution is -2.38. The van der Waals surface area contributed by atoms with E-state index in [0.29, 0.717) is 19.6 Å². The van der Waals surface area contributed by atoms with Crippen LogP contribution in [-0.2, 0) is 10.0 Å². The average Bonchev–Trinajstić information content (AvgIpc) is 3.21. The summed E-state index contributed by atoms with van der Waals surface area (Å²) in [7, 11) is -2.33. The zero-order chi connectivity index (χ0) is 23.8. The molecule has 1 aliphatic rings. The second-order valence-electron chi connectivity index (χ2n) is 8.15. The van der Waals surface area contributed by atoms with E-state index in [0.717, 1.165) is 44.5 Å². The smallest absolute Gasteiger partial charge is 0.251 e. The Bertz CT molecular complexity index is 995. The third-order valence-corrected chi connectivity index (χ3v) is 8.11. The number of furan rings is 1. The minimum Gasteiger partial charge on any atom is -0.495 e. The number of hydrogen-bond donors (Lipinski definition) is 1. The molecule has 2 heterocycles. The molecular formula is C24H35N3O5S. The Labute approximate surface area is 196 Å². The number of nitrogens with one attached hydrogen (secondary N) is 1. The quantitative estimate of drug-likeness (QED) is 0.561. The first-order chi connectivity index (χ1) is 15.9. The van der Waals surface area contributed by atoms with Gasteiger partial charge in [0.2, 0.25) is 10.0 Å². The number of likely N-dealkylation sites (N-methyl/N-ethyl adjacent to an activating group) is 1. The van der Waals surface area contributed by atoms with E-state index < -0.39 is 10.0 Å². The summed E-state index contributed by atoms with van der Waals surface area (Å²) < 4.78 is 39.2. The summed E-state index contributed by atoms with van der Waals surface area (Å²) in [5.41, 5.74) is 0.280. The number of carbonyl (C=O) groups is 1. The molecule has 1 N–H and O–H groups in total. The molecule has 1 aromatic heterocycles. The lowest BCUT2D eigenvalue weighted by molar-refractivity contribution is 0.0929. The monoisotopic (exact) mass is 477 g/mol. The van der Waals surface area contributed by atoms with Crippen molar-refractivity contribution in [1.82, 2.24) is 14.5 Å². The van der Waals surface area contributed by atoms with Crippen molar-refractivity contribution in [2.45, 2.75) is 50.5 Å². The van der Waals surface area contributed by atoms with Gasteiger partial charge in [-0.2, -0.15) is 4.31 Å². The Hall–Kier alpha value is -2.36. The van der Waals surface area contributed by atoms with Crippen LogP contribution in [0.2, 0.25) is 0 Å². The van der Waals surface area contributed by atoms with Gasteiger partial charge in [-0.05, 0) is 56.3 Å². The summed E-state index contributed by atoms with van der Waals surface area (Å²) in [6, 6.07) is 8.18. The van der Waals surface area contributed by atoms with Crippen LogP contribution >= 0.6 is 0 Å². The highest BCUT2D eigenvalue weighted by Gasteiger charge is 2.29. The highest BCUT2D eigenvalue weighted by molar-refractivity contribution is 7.89. The molecule has 0 saturated carbocycles. The normalized spacial score (nSPS) is 16.4. The number of amides is 1. The first kappa shape index (κ1) is 25.3. The van der Waals surface area contributed by atoms with E-state index in [-0.39, 0.29) is 28.2 Å². The maximum absolute atomic E-state index is 13.4. The van der Waals surface area contributed by atoms with Crippen LogP contribution in [0, 0.1) is 0 Å². The van der Waals surface area contributed by atoms with Gasteiger partial charge in [0.05, 0.1) is 19.4 Å². The van der Waals surface area contributed by atoms with Crippen LogP contribution in [0.25, 0.3) is 0 Å². The van der Waals surface area contributed by atoms with Gasteiger partial charge in [0.25, 0.3) is 5.91 Å². The second-order valence-corrected chi connectivity index (χ2v) is 10.1. The predicted octanol–water partition coefficient (Wildman–Crippen LogP) is 3.67. The predicted molar refractivity (Wildman–Crippen MR) is 127 cm³/mol. The first-order valence-electron chi connectivity index (χ1n) is 11.7. The van der Waals surface area contributed by atoms with Crippen LogP contribution in [-0.4, -0.2) is 63.4 Å². The molecule has 1 amide bonds. The fourth-order valence-corrected chi connectivity index (χ4v) is 5.99. The minimum absolute atomic E-state index is 0.0332. The van der Waals surface area contributed by atoms with Crippen molar-refractivity contribution in [3.05, 3.63) is 47.9 Å². The van der Waals surface area contributed by atoms with Crippen molar-refractivity contribution >= 4 is 15.9 Å². The Morgan fingerprint density at radius 1 is 1.15 bits per heavy atom. The van der Waals surface area contributed by atoms with Crippen molar-refractivity contribution in [2.24, 2.45) is 0 Å². The summed E-state index contributed by atoms with van der Waals surface area (Å²) in [6.07, 6.45) is 5.34. The second kappa shape index (κ2) is 11.7. The number of carbonyl (C=O) groups excluding carboxylic acids is 1. The number of benzene rings is 1. The molecule has 1 aromatic carbocycles. The standard InChI is InChI=1S/C24H35N3O5S/c1-4-26(5-2)20(21-11-10-16-32-21)18-25-24(28)19-12-13-22(31-3)23(17-19)33(29,30)27-14-8-6-7-9-15-27/h10-13,16-17,20H,4-9,14-15,18H2,1-3H3,(H,25,28). The fourth-order valence-electron chi connectivity index (χ4n) is 4.29. The topological polar surface area (TPSA) is 92.1 Å². The number of hydrogen-bond acceptors (Lipinski definition) is 6. The van der Waals surface area contributed by atoms with E-state index in [9.17, 15) is 13.2 Å². The van der Waals surface area contributed by atoms with Gasteiger partial charge in [0.15, 0.2) is 0 Å². The Kier molecular flexibility index (Phi) is 8.94. The van der Waals surface area contributed by atoms with Crippen molar-refractivity contribution in [2.75, 3.05) is 39.8 Å². The molecule has 2 aromatic rings. The van der Waals surface area contributed by atoms with E-state index in [4.69, 9.17) is 9.15 Å². The van der Waals surface area contributed by atoms with Crippen LogP contribution in [0.15, 0.2) is 45.9 Å². The highest BCUT2D eigenvalue weighted by atomic mass is 32.2. The zero-order valence-electron chi connectivity index (χ0n) is 19.7. The van der Waals surface area contributed by atoms with E-state index in [1.165, 1.54) is 17.5 Å². The summed E-state index contributed by atoms with van der Waals surface area (Å²) in [5.74, 6) is 0.680. The van der Waals surface area contributed by atoms with Gasteiger partial charge >= 0.3 is 0 Å². The molecular weight excluding hydrogens is 442 g/mol. The highest BCUT2D eigenvalue weighted by Crippen LogP contribution is 2.29. The molecule has 182 valence electrons. The number of sulfonamides is 1. The van der Waals surface area contributed by atoms with Gasteiger partial charge in [-0.15, -0.1) is 0 Å². The molecule has 1 saturated heterocycles. The molecule has 0 bridgehead atoms. The summed E-state index contributed by atoms with van der Waals surface area (Å²) in [5, 5.41) is 2.95. The fraction of sp³-hybridized carbons (Fsp3) is 0.542. The van der Waals surface area contributed by atoms with Crippen molar-refractivity contribution < 1.29 is 22.4 Å². The summed E-state index contributed by atoms with van der Waals surface area (Å²) >= 11 is 0. The maximum Gasteiger partial charge on any atom is 0.251 e. The van der Waals surface area contributed by atoms with Gasteiger partial charge in [-0.1, -0.05) is 26.7 Å². The SMILES string of the molecule is CCN(CC)C(CNC(=O)c1ccc(OC)c(S(=O)(=O)N2CCCCCC2)c1)c1ccco1. The molecule has 9 heteroatoms. The number of methoxy groups -OCH3 is 1. The lowest BCUT2D eigenvalue weighted by Gasteiger charge is -2.28. The van der Waals surface area contributed by atoms with Crippen molar-refractivity contribution in [3.63, 3.8) is 0 Å². The summed E-state index contributed by atoms with van der Waals surface area (Å²) in [6.45, 7) is 7.04. The number of rotatable bonds is 10. The number of nitrogens with zero attached hydrogens (tertiary/aromatic N) is 2. The summed E-state index contributed by atoms with van der Waals surface area (Å²) in [4.78, 5) is 15.2. The molecule has 0 spiro atoms. The van der Waals surface area contributed by atoms with Crippen LogP contribution in [0.1, 0.15) is 61.7 Å². The van der Waals surface area contributed by atoms with Gasteiger partial charge in [0, 0.05) is 25.2 Å². The van der Waals surface area contributed by atoms with Gasteiger partial charge < -0.3 is 14.5 Å². The molecule has 0 aliphatic carbocycles. The largest absolute Gasteiger partial charge is 0.495 e. The first-order valence-corrected chi connectivity index (χ1v) is 13.1. The third kappa shape index (κ3) is 5.96. The Balaban J connectivity index is 1.82. The molecule has 1 unspecified atom stereocenters. The molecule has 8 nitrogen and oxygen atoms in total. The van der Waals surface area contributed by atoms with E-state index >= 15 is 0 Å². The molecule has 3 rings (SSSR count). The maximum atomic E-state index is 13.4. The number of ether oxygens (including phenoxy) is 1. The molecule has 1 atom stereocenters. The van der Waals surface area contributed by atoms with Crippen molar-refractivity contribution in [3.8, 4) is 5.75 Å². The average molecular weight is 478 g/mol. The molecule has 0 radical (unpaired) electrons. The minimum atomic E-state index is -3.77. The molecule has 1 aliphatic heterocycles.